The van der Waals surface area contributed by atoms with Gasteiger partial charge in [-0.25, -0.2) is 28.6 Å². The summed E-state index contributed by atoms with van der Waals surface area (Å²) in [5, 5.41) is 20.4. The van der Waals surface area contributed by atoms with E-state index in [4.69, 9.17) is 25.2 Å². The number of rotatable bonds is 8. The van der Waals surface area contributed by atoms with Crippen molar-refractivity contribution in [3.05, 3.63) is 12.7 Å². The van der Waals surface area contributed by atoms with Gasteiger partial charge in [0, 0.05) is 0 Å². The number of aliphatic hydroxyl groups excluding tert-OH is 2. The summed E-state index contributed by atoms with van der Waals surface area (Å²) in [6.45, 7) is -0.956. The lowest BCUT2D eigenvalue weighted by atomic mass is 10.1. The molecule has 0 aliphatic carbocycles. The Kier molecular flexibility index (Phi) is 8.20. The number of ether oxygens (including phenoxy) is 1. The Bertz CT molecular complexity index is 1110. The van der Waals surface area contributed by atoms with Crippen LogP contribution in [0.2, 0.25) is 0 Å². The van der Waals surface area contributed by atoms with Gasteiger partial charge in [-0.15, -0.1) is 12.4 Å². The van der Waals surface area contributed by atoms with Gasteiger partial charge in [0.1, 0.15) is 30.2 Å². The van der Waals surface area contributed by atoms with Gasteiger partial charge in [0.05, 0.1) is 12.9 Å². The first-order valence-corrected chi connectivity index (χ1v) is 12.4. The highest BCUT2D eigenvalue weighted by molar-refractivity contribution is 7.66. The Labute approximate surface area is 183 Å². The lowest BCUT2D eigenvalue weighted by molar-refractivity contribution is -0.0503. The number of imidazole rings is 1. The second-order valence-corrected chi connectivity index (χ2v) is 10.4. The number of phosphoric ester groups is 1. The molecule has 1 aliphatic heterocycles. The van der Waals surface area contributed by atoms with E-state index >= 15 is 0 Å². The lowest BCUT2D eigenvalue weighted by Gasteiger charge is -2.19. The van der Waals surface area contributed by atoms with Crippen molar-refractivity contribution < 1.29 is 61.4 Å². The third-order valence-corrected chi connectivity index (χ3v) is 7.62. The maximum atomic E-state index is 11.8. The number of hydrogen-bond donors (Lipinski definition) is 7. The number of halogens is 1. The molecular weight excluding hydrogens is 527 g/mol. The maximum absolute atomic E-state index is 11.8. The Hall–Kier alpha value is -1.07. The van der Waals surface area contributed by atoms with Crippen LogP contribution < -0.4 is 5.73 Å². The van der Waals surface area contributed by atoms with E-state index in [2.05, 4.69) is 28.1 Å². The van der Waals surface area contributed by atoms with Crippen LogP contribution in [0.25, 0.3) is 11.2 Å². The molecule has 3 unspecified atom stereocenters. The summed E-state index contributed by atoms with van der Waals surface area (Å²) >= 11 is 0. The van der Waals surface area contributed by atoms with E-state index in [1.807, 2.05) is 0 Å². The van der Waals surface area contributed by atoms with Gasteiger partial charge in [-0.2, -0.15) is 8.62 Å². The van der Waals surface area contributed by atoms with E-state index in [1.165, 1.54) is 10.9 Å². The fourth-order valence-corrected chi connectivity index (χ4v) is 5.65. The number of hydrogen-bond acceptors (Lipinski definition) is 13. The van der Waals surface area contributed by atoms with Gasteiger partial charge in [-0.1, -0.05) is 0 Å². The molecular formula is C10H17ClN5O13P3. The molecule has 6 atom stereocenters. The van der Waals surface area contributed by atoms with E-state index in [1.54, 1.807) is 0 Å². The van der Waals surface area contributed by atoms with Gasteiger partial charge in [0.25, 0.3) is 0 Å². The monoisotopic (exact) mass is 543 g/mol. The minimum atomic E-state index is -5.70. The van der Waals surface area contributed by atoms with E-state index in [0.29, 0.717) is 0 Å². The molecule has 1 saturated heterocycles. The normalized spacial score (nSPS) is 27.6. The average molecular weight is 544 g/mol. The van der Waals surface area contributed by atoms with Crippen molar-refractivity contribution in [1.82, 2.24) is 19.5 Å². The van der Waals surface area contributed by atoms with Gasteiger partial charge < -0.3 is 40.3 Å². The number of nitrogen functional groups attached to an aromatic ring is 1. The second-order valence-electron chi connectivity index (χ2n) is 6.02. The fraction of sp³-hybridized carbons (Fsp3) is 0.500. The number of nitrogens with two attached hydrogens (primary N) is 1. The third-order valence-electron chi connectivity index (χ3n) is 3.82. The number of anilines is 1. The molecule has 0 saturated carbocycles. The minimum Gasteiger partial charge on any atom is -0.387 e. The van der Waals surface area contributed by atoms with Crippen molar-refractivity contribution in [3.8, 4) is 0 Å². The molecule has 0 amide bonds. The zero-order valence-electron chi connectivity index (χ0n) is 15.3. The molecule has 1 fully saturated rings. The first-order valence-electron chi connectivity index (χ1n) is 7.92. The molecule has 182 valence electrons. The van der Waals surface area contributed by atoms with E-state index in [0.717, 1.165) is 6.33 Å². The minimum absolute atomic E-state index is 0. The summed E-state index contributed by atoms with van der Waals surface area (Å²) < 4.78 is 51.9. The van der Waals surface area contributed by atoms with Crippen LogP contribution in [0.15, 0.2) is 12.7 Å². The molecule has 32 heavy (non-hydrogen) atoms. The average Bonchev–Trinajstić information content (AvgIpc) is 3.13. The van der Waals surface area contributed by atoms with E-state index in [-0.39, 0.29) is 29.4 Å². The highest BCUT2D eigenvalue weighted by atomic mass is 35.5. The Morgan fingerprint density at radius 2 is 1.69 bits per heavy atom. The van der Waals surface area contributed by atoms with Crippen molar-refractivity contribution in [2.75, 3.05) is 12.3 Å². The van der Waals surface area contributed by atoms with E-state index < -0.39 is 54.6 Å². The molecule has 2 aromatic heterocycles. The van der Waals surface area contributed by atoms with Gasteiger partial charge in [0.2, 0.25) is 0 Å². The predicted octanol–water partition coefficient (Wildman–Crippen LogP) is -1.21. The molecule has 18 nitrogen and oxygen atoms in total. The van der Waals surface area contributed by atoms with Crippen LogP contribution in [-0.2, 0) is 31.6 Å². The molecule has 1 aliphatic rings. The Balaban J connectivity index is 0.00000363. The van der Waals surface area contributed by atoms with Gasteiger partial charge in [0.15, 0.2) is 17.7 Å². The van der Waals surface area contributed by atoms with Gasteiger partial charge in [-0.3, -0.25) is 9.09 Å². The summed E-state index contributed by atoms with van der Waals surface area (Å²) in [4.78, 5) is 47.2. The van der Waals surface area contributed by atoms with Crippen LogP contribution in [0.3, 0.4) is 0 Å². The fourth-order valence-electron chi connectivity index (χ4n) is 2.62. The van der Waals surface area contributed by atoms with Crippen molar-refractivity contribution in [1.29, 1.82) is 0 Å². The summed E-state index contributed by atoms with van der Waals surface area (Å²) in [6.07, 6.45) is -3.69. The highest BCUT2D eigenvalue weighted by Gasteiger charge is 2.47. The number of fused-ring (bicyclic) bond motifs is 1. The second kappa shape index (κ2) is 9.66. The summed E-state index contributed by atoms with van der Waals surface area (Å²) in [5.41, 5.74) is 6.00. The van der Waals surface area contributed by atoms with Crippen LogP contribution in [0.4, 0.5) is 5.82 Å². The van der Waals surface area contributed by atoms with Crippen molar-refractivity contribution in [3.63, 3.8) is 0 Å². The van der Waals surface area contributed by atoms with Gasteiger partial charge in [-0.05, 0) is 0 Å². The van der Waals surface area contributed by atoms with E-state index in [9.17, 15) is 28.8 Å². The molecule has 8 N–H and O–H groups in total. The number of phosphoric acid groups is 3. The quantitative estimate of drug-likeness (QED) is 0.192. The number of aromatic nitrogens is 4. The number of nitrogens with zero attached hydrogens (tertiary/aromatic N) is 4. The van der Waals surface area contributed by atoms with Crippen LogP contribution >= 0.6 is 35.9 Å². The van der Waals surface area contributed by atoms with Crippen molar-refractivity contribution in [2.24, 2.45) is 0 Å². The molecule has 0 bridgehead atoms. The molecule has 0 aromatic carbocycles. The van der Waals surface area contributed by atoms with Crippen LogP contribution in [0.5, 0.6) is 0 Å². The predicted molar refractivity (Wildman–Crippen MR) is 103 cm³/mol. The van der Waals surface area contributed by atoms with Crippen LogP contribution in [0.1, 0.15) is 6.23 Å². The zero-order chi connectivity index (χ0) is 23.2. The summed E-state index contributed by atoms with van der Waals surface area (Å²) in [7, 11) is -16.7. The lowest BCUT2D eigenvalue weighted by Crippen LogP contribution is -2.33. The Morgan fingerprint density at radius 1 is 1.03 bits per heavy atom. The zero-order valence-corrected chi connectivity index (χ0v) is 18.8. The van der Waals surface area contributed by atoms with Crippen molar-refractivity contribution >= 4 is 52.9 Å². The van der Waals surface area contributed by atoms with Gasteiger partial charge >= 0.3 is 23.5 Å². The SMILES string of the molecule is Cl.Nc1ncnc2c1ncn2C1O[C@H](COP(=O)(O)OP(=O)(O)OP(=O)(O)O)[C@@H](O)[C@H]1O. The highest BCUT2D eigenvalue weighted by Crippen LogP contribution is 2.66. The van der Waals surface area contributed by atoms with Crippen LogP contribution in [0, 0.1) is 0 Å². The first kappa shape index (κ1) is 27.2. The smallest absolute Gasteiger partial charge is 0.387 e. The molecule has 3 rings (SSSR count). The standard InChI is InChI=1S/C10H16N5O13P3.ClH/c11-8-5-9(13-2-12-8)15(3-14-5)10-7(17)6(16)4(26-10)1-25-30(21,22)28-31(23,24)27-29(18,19)20;/h2-4,6-7,10,16-17H,1H2,(H,21,22)(H,23,24)(H2,11,12,13)(H2,18,19,20);1H/t4-,6-,7-,10?;/m1./s1. The molecule has 3 heterocycles. The molecule has 2 aromatic rings. The first-order chi connectivity index (χ1) is 14.2. The molecule has 0 radical (unpaired) electrons. The summed E-state index contributed by atoms with van der Waals surface area (Å²) in [6, 6.07) is 0. The summed E-state index contributed by atoms with van der Waals surface area (Å²) in [5.74, 6) is 0.0426. The van der Waals surface area contributed by atoms with Crippen molar-refractivity contribution in [2.45, 2.75) is 24.5 Å². The number of aliphatic hydroxyl groups is 2. The largest absolute Gasteiger partial charge is 0.490 e. The molecule has 22 heteroatoms. The Morgan fingerprint density at radius 3 is 2.31 bits per heavy atom. The maximum Gasteiger partial charge on any atom is 0.490 e. The van der Waals surface area contributed by atoms with Crippen LogP contribution in [-0.4, -0.2) is 74.2 Å². The third kappa shape index (κ3) is 6.28. The molecule has 0 spiro atoms. The topological polar surface area (TPSA) is 279 Å².